The molecule has 0 aliphatic heterocycles. The van der Waals surface area contributed by atoms with Crippen molar-refractivity contribution >= 4 is 11.6 Å². The quantitative estimate of drug-likeness (QED) is 0.733. The Bertz CT molecular complexity index is 1040. The summed E-state index contributed by atoms with van der Waals surface area (Å²) in [7, 11) is 0. The topological polar surface area (TPSA) is 90.0 Å². The van der Waals surface area contributed by atoms with Crippen LogP contribution in [-0.4, -0.2) is 20.6 Å². The highest BCUT2D eigenvalue weighted by atomic mass is 16.5. The second-order valence-corrected chi connectivity index (χ2v) is 7.61. The second kappa shape index (κ2) is 7.80. The van der Waals surface area contributed by atoms with Gasteiger partial charge in [0, 0.05) is 17.2 Å². The van der Waals surface area contributed by atoms with Gasteiger partial charge in [0.2, 0.25) is 5.91 Å². The number of amides is 1. The lowest BCUT2D eigenvalue weighted by Crippen LogP contribution is -2.28. The monoisotopic (exact) mass is 380 g/mol. The molecule has 28 heavy (non-hydrogen) atoms. The highest BCUT2D eigenvalue weighted by molar-refractivity contribution is 5.90. The summed E-state index contributed by atoms with van der Waals surface area (Å²) in [5.41, 5.74) is 1.63. The third-order valence-electron chi connectivity index (χ3n) is 4.29. The van der Waals surface area contributed by atoms with E-state index in [9.17, 15) is 9.59 Å². The molecule has 1 aromatic carbocycles. The third-order valence-corrected chi connectivity index (χ3v) is 4.29. The highest BCUT2D eigenvalue weighted by Crippen LogP contribution is 2.23. The molecule has 0 atom stereocenters. The molecule has 0 saturated heterocycles. The molecule has 1 amide bonds. The molecule has 1 N–H and O–H groups in total. The number of benzene rings is 1. The van der Waals surface area contributed by atoms with E-state index >= 15 is 0 Å². The van der Waals surface area contributed by atoms with Crippen LogP contribution in [0.1, 0.15) is 39.1 Å². The Morgan fingerprint density at radius 3 is 2.61 bits per heavy atom. The van der Waals surface area contributed by atoms with Gasteiger partial charge in [0.25, 0.3) is 11.4 Å². The number of pyridine rings is 1. The predicted molar refractivity (Wildman–Crippen MR) is 107 cm³/mol. The molecule has 2 aromatic heterocycles. The molecule has 0 aliphatic carbocycles. The summed E-state index contributed by atoms with van der Waals surface area (Å²) in [5, 5.41) is 6.83. The number of hydrogen-bond donors (Lipinski definition) is 1. The summed E-state index contributed by atoms with van der Waals surface area (Å²) in [6, 6.07) is 12.3. The van der Waals surface area contributed by atoms with E-state index in [0.29, 0.717) is 17.2 Å². The molecule has 0 radical (unpaired) electrons. The van der Waals surface area contributed by atoms with E-state index < -0.39 is 0 Å². The van der Waals surface area contributed by atoms with E-state index in [1.807, 2.05) is 52.0 Å². The Morgan fingerprint density at radius 1 is 1.18 bits per heavy atom. The van der Waals surface area contributed by atoms with Crippen LogP contribution in [0.2, 0.25) is 0 Å². The van der Waals surface area contributed by atoms with Crippen LogP contribution in [0.4, 0.5) is 5.69 Å². The SMILES string of the molecule is CCc1cccc(NC(=O)Cn2c(-c3nc(C(C)(C)C)no3)cccc2=O)c1. The number of aromatic nitrogens is 3. The summed E-state index contributed by atoms with van der Waals surface area (Å²) >= 11 is 0. The first-order valence-corrected chi connectivity index (χ1v) is 9.21. The van der Waals surface area contributed by atoms with Gasteiger partial charge in [-0.2, -0.15) is 4.98 Å². The number of rotatable bonds is 5. The lowest BCUT2D eigenvalue weighted by molar-refractivity contribution is -0.116. The van der Waals surface area contributed by atoms with Crippen molar-refractivity contribution < 1.29 is 9.32 Å². The number of hydrogen-bond acceptors (Lipinski definition) is 5. The Kier molecular flexibility index (Phi) is 5.44. The average Bonchev–Trinajstić information content (AvgIpc) is 3.14. The van der Waals surface area contributed by atoms with Crippen molar-refractivity contribution in [1.29, 1.82) is 0 Å². The molecule has 0 fully saturated rings. The molecular formula is C21H24N4O3. The first-order valence-electron chi connectivity index (χ1n) is 9.21. The van der Waals surface area contributed by atoms with Crippen LogP contribution in [0.3, 0.4) is 0 Å². The van der Waals surface area contributed by atoms with Gasteiger partial charge in [-0.1, -0.05) is 51.1 Å². The number of nitrogens with one attached hydrogen (secondary N) is 1. The van der Waals surface area contributed by atoms with Crippen molar-refractivity contribution in [3.05, 3.63) is 64.2 Å². The van der Waals surface area contributed by atoms with E-state index in [1.54, 1.807) is 12.1 Å². The fraction of sp³-hybridized carbons (Fsp3) is 0.333. The molecular weight excluding hydrogens is 356 g/mol. The molecule has 0 unspecified atom stereocenters. The average molecular weight is 380 g/mol. The normalized spacial score (nSPS) is 11.4. The largest absolute Gasteiger partial charge is 0.332 e. The van der Waals surface area contributed by atoms with E-state index in [1.165, 1.54) is 10.6 Å². The minimum Gasteiger partial charge on any atom is -0.332 e. The van der Waals surface area contributed by atoms with Gasteiger partial charge in [-0.15, -0.1) is 0 Å². The summed E-state index contributed by atoms with van der Waals surface area (Å²) in [4.78, 5) is 29.3. The fourth-order valence-electron chi connectivity index (χ4n) is 2.72. The van der Waals surface area contributed by atoms with E-state index in [0.717, 1.165) is 12.0 Å². The maximum Gasteiger partial charge on any atom is 0.274 e. The number of anilines is 1. The summed E-state index contributed by atoms with van der Waals surface area (Å²) < 4.78 is 6.68. The molecule has 3 rings (SSSR count). The molecule has 7 nitrogen and oxygen atoms in total. The first kappa shape index (κ1) is 19.5. The molecule has 0 bridgehead atoms. The van der Waals surface area contributed by atoms with E-state index in [2.05, 4.69) is 15.5 Å². The number of nitrogens with zero attached hydrogens (tertiary/aromatic N) is 3. The molecule has 0 saturated carbocycles. The molecule has 2 heterocycles. The maximum atomic E-state index is 12.5. The maximum absolute atomic E-state index is 12.5. The van der Waals surface area contributed by atoms with E-state index in [-0.39, 0.29) is 29.3 Å². The molecule has 0 spiro atoms. The Morgan fingerprint density at radius 2 is 1.93 bits per heavy atom. The van der Waals surface area contributed by atoms with Crippen molar-refractivity contribution in [1.82, 2.24) is 14.7 Å². The standard InChI is InChI=1S/C21H24N4O3/c1-5-14-8-6-9-15(12-14)22-17(26)13-25-16(10-7-11-18(25)27)19-23-20(24-28-19)21(2,3)4/h6-12H,5,13H2,1-4H3,(H,22,26). The molecule has 3 aromatic rings. The van der Waals surface area contributed by atoms with Gasteiger partial charge < -0.3 is 9.84 Å². The van der Waals surface area contributed by atoms with Crippen molar-refractivity contribution in [2.75, 3.05) is 5.32 Å². The van der Waals surface area contributed by atoms with Gasteiger partial charge in [0.1, 0.15) is 12.2 Å². The Balaban J connectivity index is 1.87. The number of aryl methyl sites for hydroxylation is 1. The smallest absolute Gasteiger partial charge is 0.274 e. The van der Waals surface area contributed by atoms with Crippen LogP contribution in [-0.2, 0) is 23.2 Å². The minimum atomic E-state index is -0.314. The number of carbonyl (C=O) groups is 1. The number of carbonyl (C=O) groups excluding carboxylic acids is 1. The fourth-order valence-corrected chi connectivity index (χ4v) is 2.72. The van der Waals surface area contributed by atoms with Crippen LogP contribution >= 0.6 is 0 Å². The molecule has 146 valence electrons. The van der Waals surface area contributed by atoms with Crippen molar-refractivity contribution in [2.45, 2.75) is 46.1 Å². The van der Waals surface area contributed by atoms with Gasteiger partial charge in [-0.25, -0.2) is 0 Å². The Hall–Kier alpha value is -3.22. The predicted octanol–water partition coefficient (Wildman–Crippen LogP) is 3.40. The van der Waals surface area contributed by atoms with Crippen molar-refractivity contribution in [3.63, 3.8) is 0 Å². The zero-order valence-corrected chi connectivity index (χ0v) is 16.5. The lowest BCUT2D eigenvalue weighted by Gasteiger charge is -2.12. The zero-order valence-electron chi connectivity index (χ0n) is 16.5. The van der Waals surface area contributed by atoms with Gasteiger partial charge in [-0.3, -0.25) is 14.2 Å². The van der Waals surface area contributed by atoms with Gasteiger partial charge in [0.05, 0.1) is 0 Å². The van der Waals surface area contributed by atoms with Crippen LogP contribution in [0, 0.1) is 0 Å². The minimum absolute atomic E-state index is 0.154. The van der Waals surface area contributed by atoms with Crippen LogP contribution in [0.15, 0.2) is 51.8 Å². The van der Waals surface area contributed by atoms with Gasteiger partial charge >= 0.3 is 0 Å². The second-order valence-electron chi connectivity index (χ2n) is 7.61. The Labute approximate surface area is 163 Å². The summed E-state index contributed by atoms with van der Waals surface area (Å²) in [6.07, 6.45) is 0.874. The summed E-state index contributed by atoms with van der Waals surface area (Å²) in [5.74, 6) is 0.438. The van der Waals surface area contributed by atoms with Gasteiger partial charge in [-0.05, 0) is 30.2 Å². The third kappa shape index (κ3) is 4.36. The first-order chi connectivity index (χ1) is 13.3. The van der Waals surface area contributed by atoms with Crippen LogP contribution < -0.4 is 10.9 Å². The van der Waals surface area contributed by atoms with E-state index in [4.69, 9.17) is 4.52 Å². The molecule has 0 aliphatic rings. The van der Waals surface area contributed by atoms with Crippen LogP contribution in [0.5, 0.6) is 0 Å². The molecule has 7 heteroatoms. The van der Waals surface area contributed by atoms with Crippen molar-refractivity contribution in [2.24, 2.45) is 0 Å². The lowest BCUT2D eigenvalue weighted by atomic mass is 9.96. The van der Waals surface area contributed by atoms with Gasteiger partial charge in [0.15, 0.2) is 5.82 Å². The summed E-state index contributed by atoms with van der Waals surface area (Å²) in [6.45, 7) is 7.80. The highest BCUT2D eigenvalue weighted by Gasteiger charge is 2.23. The van der Waals surface area contributed by atoms with Crippen molar-refractivity contribution in [3.8, 4) is 11.6 Å². The zero-order chi connectivity index (χ0) is 20.3. The van der Waals surface area contributed by atoms with Crippen LogP contribution in [0.25, 0.3) is 11.6 Å².